The molecule has 8 nitrogen and oxygen atoms in total. The highest BCUT2D eigenvalue weighted by Crippen LogP contribution is 2.16. The van der Waals surface area contributed by atoms with E-state index in [1.54, 1.807) is 42.5 Å². The third kappa shape index (κ3) is 5.25. The maximum absolute atomic E-state index is 12.3. The number of ether oxygens (including phenoxy) is 2. The lowest BCUT2D eigenvalue weighted by atomic mass is 10.2. The van der Waals surface area contributed by atoms with Gasteiger partial charge >= 0.3 is 11.7 Å². The first-order valence-corrected chi connectivity index (χ1v) is 9.43. The zero-order valence-electron chi connectivity index (χ0n) is 16.3. The van der Waals surface area contributed by atoms with Crippen molar-refractivity contribution in [3.63, 3.8) is 0 Å². The average Bonchev–Trinajstić information content (AvgIpc) is 3.08. The molecule has 0 aliphatic heterocycles. The Morgan fingerprint density at radius 1 is 1.07 bits per heavy atom. The molecule has 3 aromatic rings. The number of rotatable bonds is 8. The molecular weight excluding hydrogens is 374 g/mol. The van der Waals surface area contributed by atoms with E-state index < -0.39 is 18.0 Å². The predicted octanol–water partition coefficient (Wildman–Crippen LogP) is 3.22. The predicted molar refractivity (Wildman–Crippen MR) is 109 cm³/mol. The number of carbonyl (C=O) groups is 2. The lowest BCUT2D eigenvalue weighted by molar-refractivity contribution is -0.123. The number of benzene rings is 2. The third-order valence-electron chi connectivity index (χ3n) is 4.29. The number of aromatic amines is 2. The first-order chi connectivity index (χ1) is 14.0. The topological polar surface area (TPSA) is 113 Å². The number of hydrogen-bond donors (Lipinski definition) is 3. The molecule has 1 amide bonds. The number of unbranched alkanes of at least 4 members (excludes halogenated alkanes) is 1. The summed E-state index contributed by atoms with van der Waals surface area (Å²) in [7, 11) is 0. The molecular formula is C21H23N3O5. The number of hydrogen-bond acceptors (Lipinski definition) is 5. The Morgan fingerprint density at radius 2 is 1.79 bits per heavy atom. The number of fused-ring (bicyclic) bond motifs is 1. The summed E-state index contributed by atoms with van der Waals surface area (Å²) in [4.78, 5) is 41.2. The molecule has 1 aromatic heterocycles. The van der Waals surface area contributed by atoms with Gasteiger partial charge in [-0.15, -0.1) is 0 Å². The Morgan fingerprint density at radius 3 is 2.52 bits per heavy atom. The number of H-pyrrole nitrogens is 2. The van der Waals surface area contributed by atoms with Gasteiger partial charge in [0.2, 0.25) is 0 Å². The van der Waals surface area contributed by atoms with E-state index in [9.17, 15) is 14.4 Å². The maximum Gasteiger partial charge on any atom is 0.338 e. The van der Waals surface area contributed by atoms with E-state index in [2.05, 4.69) is 22.2 Å². The number of esters is 1. The minimum Gasteiger partial charge on any atom is -0.494 e. The van der Waals surface area contributed by atoms with Gasteiger partial charge < -0.3 is 24.8 Å². The van der Waals surface area contributed by atoms with Gasteiger partial charge in [-0.05, 0) is 55.8 Å². The molecule has 0 aliphatic rings. The molecule has 0 aliphatic carbocycles. The summed E-state index contributed by atoms with van der Waals surface area (Å²) in [5, 5.41) is 2.67. The van der Waals surface area contributed by atoms with Gasteiger partial charge in [-0.2, -0.15) is 0 Å². The van der Waals surface area contributed by atoms with E-state index >= 15 is 0 Å². The minimum absolute atomic E-state index is 0.326. The van der Waals surface area contributed by atoms with Crippen LogP contribution in [0.1, 0.15) is 37.0 Å². The molecule has 0 saturated heterocycles. The molecule has 152 valence electrons. The van der Waals surface area contributed by atoms with E-state index in [-0.39, 0.29) is 5.69 Å². The molecule has 29 heavy (non-hydrogen) atoms. The van der Waals surface area contributed by atoms with Crippen LogP contribution >= 0.6 is 0 Å². The second kappa shape index (κ2) is 9.09. The molecule has 0 saturated carbocycles. The Labute approximate surface area is 167 Å². The number of nitrogens with one attached hydrogen (secondary N) is 3. The summed E-state index contributed by atoms with van der Waals surface area (Å²) < 4.78 is 10.8. The van der Waals surface area contributed by atoms with Crippen molar-refractivity contribution in [2.75, 3.05) is 11.9 Å². The molecule has 0 unspecified atom stereocenters. The van der Waals surface area contributed by atoms with Crippen LogP contribution in [0, 0.1) is 0 Å². The number of amides is 1. The van der Waals surface area contributed by atoms with Crippen molar-refractivity contribution in [3.8, 4) is 5.75 Å². The summed E-state index contributed by atoms with van der Waals surface area (Å²) >= 11 is 0. The van der Waals surface area contributed by atoms with Crippen LogP contribution in [-0.2, 0) is 9.53 Å². The largest absolute Gasteiger partial charge is 0.494 e. The number of aromatic nitrogens is 2. The fraction of sp³-hybridized carbons (Fsp3) is 0.286. The summed E-state index contributed by atoms with van der Waals surface area (Å²) in [5.74, 6) is -0.396. The van der Waals surface area contributed by atoms with Crippen molar-refractivity contribution in [2.24, 2.45) is 0 Å². The van der Waals surface area contributed by atoms with Crippen LogP contribution in [0.25, 0.3) is 11.0 Å². The first-order valence-electron chi connectivity index (χ1n) is 9.43. The van der Waals surface area contributed by atoms with Gasteiger partial charge in [0.05, 0.1) is 23.2 Å². The van der Waals surface area contributed by atoms with E-state index in [4.69, 9.17) is 9.47 Å². The Hall–Kier alpha value is -3.55. The lowest BCUT2D eigenvalue weighted by Crippen LogP contribution is -2.30. The highest BCUT2D eigenvalue weighted by molar-refractivity contribution is 5.98. The van der Waals surface area contributed by atoms with Crippen molar-refractivity contribution in [3.05, 3.63) is 58.5 Å². The zero-order valence-corrected chi connectivity index (χ0v) is 16.3. The summed E-state index contributed by atoms with van der Waals surface area (Å²) in [5.41, 5.74) is 1.69. The standard InChI is InChI=1S/C21H23N3O5/c1-3-4-11-28-16-8-5-14(6-9-16)20(26)29-13(2)19(25)22-15-7-10-17-18(12-15)24-21(27)23-17/h5-10,12-13H,3-4,11H2,1-2H3,(H,22,25)(H2,23,24,27)/t13-/m0/s1. The van der Waals surface area contributed by atoms with E-state index in [0.717, 1.165) is 12.8 Å². The number of anilines is 1. The molecule has 0 bridgehead atoms. The molecule has 2 aromatic carbocycles. The van der Waals surface area contributed by atoms with Crippen LogP contribution in [0.4, 0.5) is 5.69 Å². The number of carbonyl (C=O) groups excluding carboxylic acids is 2. The fourth-order valence-corrected chi connectivity index (χ4v) is 2.66. The maximum atomic E-state index is 12.3. The molecule has 3 rings (SSSR count). The lowest BCUT2D eigenvalue weighted by Gasteiger charge is -2.14. The van der Waals surface area contributed by atoms with E-state index in [1.165, 1.54) is 6.92 Å². The highest BCUT2D eigenvalue weighted by atomic mass is 16.5. The Kier molecular flexibility index (Phi) is 6.33. The van der Waals surface area contributed by atoms with Crippen LogP contribution in [0.3, 0.4) is 0 Å². The summed E-state index contributed by atoms with van der Waals surface area (Å²) in [6.07, 6.45) is 1.01. The smallest absolute Gasteiger partial charge is 0.338 e. The van der Waals surface area contributed by atoms with Gasteiger partial charge in [-0.3, -0.25) is 4.79 Å². The van der Waals surface area contributed by atoms with Crippen molar-refractivity contribution in [1.82, 2.24) is 9.97 Å². The van der Waals surface area contributed by atoms with E-state index in [0.29, 0.717) is 34.6 Å². The van der Waals surface area contributed by atoms with Gasteiger partial charge in [0.25, 0.3) is 5.91 Å². The van der Waals surface area contributed by atoms with Crippen LogP contribution in [0.5, 0.6) is 5.75 Å². The number of imidazole rings is 1. The molecule has 8 heteroatoms. The van der Waals surface area contributed by atoms with Crippen molar-refractivity contribution in [2.45, 2.75) is 32.8 Å². The zero-order chi connectivity index (χ0) is 20.8. The van der Waals surface area contributed by atoms with E-state index in [1.807, 2.05) is 0 Å². The molecule has 0 radical (unpaired) electrons. The van der Waals surface area contributed by atoms with Gasteiger partial charge in [0, 0.05) is 5.69 Å². The molecule has 3 N–H and O–H groups in total. The van der Waals surface area contributed by atoms with Crippen molar-refractivity contribution in [1.29, 1.82) is 0 Å². The Balaban J connectivity index is 1.56. The molecule has 0 fully saturated rings. The monoisotopic (exact) mass is 397 g/mol. The average molecular weight is 397 g/mol. The second-order valence-corrected chi connectivity index (χ2v) is 6.60. The van der Waals surface area contributed by atoms with Crippen LogP contribution in [-0.4, -0.2) is 34.6 Å². The van der Waals surface area contributed by atoms with Gasteiger partial charge in [0.15, 0.2) is 6.10 Å². The minimum atomic E-state index is -0.996. The second-order valence-electron chi connectivity index (χ2n) is 6.60. The van der Waals surface area contributed by atoms with Gasteiger partial charge in [0.1, 0.15) is 5.75 Å². The van der Waals surface area contributed by atoms with Crippen molar-refractivity contribution >= 4 is 28.6 Å². The quantitative estimate of drug-likeness (QED) is 0.399. The summed E-state index contributed by atoms with van der Waals surface area (Å²) in [6, 6.07) is 11.5. The Bertz CT molecular complexity index is 1050. The highest BCUT2D eigenvalue weighted by Gasteiger charge is 2.19. The first kappa shape index (κ1) is 20.2. The van der Waals surface area contributed by atoms with Crippen LogP contribution in [0.15, 0.2) is 47.3 Å². The molecule has 1 heterocycles. The molecule has 0 spiro atoms. The van der Waals surface area contributed by atoms with Gasteiger partial charge in [-0.1, -0.05) is 13.3 Å². The third-order valence-corrected chi connectivity index (χ3v) is 4.29. The normalized spacial score (nSPS) is 11.8. The van der Waals surface area contributed by atoms with Crippen molar-refractivity contribution < 1.29 is 19.1 Å². The molecule has 1 atom stereocenters. The fourth-order valence-electron chi connectivity index (χ4n) is 2.66. The van der Waals surface area contributed by atoms with Crippen LogP contribution in [0.2, 0.25) is 0 Å². The summed E-state index contributed by atoms with van der Waals surface area (Å²) in [6.45, 7) is 4.20. The van der Waals surface area contributed by atoms with Crippen LogP contribution < -0.4 is 15.7 Å². The van der Waals surface area contributed by atoms with Gasteiger partial charge in [-0.25, -0.2) is 9.59 Å². The SMILES string of the molecule is CCCCOc1ccc(C(=O)O[C@@H](C)C(=O)Nc2ccc3[nH]c(=O)[nH]c3c2)cc1.